The van der Waals surface area contributed by atoms with E-state index in [-0.39, 0.29) is 11.8 Å². The van der Waals surface area contributed by atoms with Gasteiger partial charge in [0, 0.05) is 25.8 Å². The van der Waals surface area contributed by atoms with Crippen molar-refractivity contribution < 1.29 is 5.11 Å². The number of phenols is 1. The van der Waals surface area contributed by atoms with Gasteiger partial charge in [0.1, 0.15) is 5.75 Å². The van der Waals surface area contributed by atoms with Crippen LogP contribution in [0.4, 0.5) is 11.4 Å². The van der Waals surface area contributed by atoms with Crippen LogP contribution in [-0.4, -0.2) is 19.2 Å². The van der Waals surface area contributed by atoms with E-state index in [0.717, 1.165) is 22.0 Å². The van der Waals surface area contributed by atoms with Gasteiger partial charge in [-0.05, 0) is 42.8 Å². The van der Waals surface area contributed by atoms with Gasteiger partial charge in [-0.15, -0.1) is 0 Å². The van der Waals surface area contributed by atoms with E-state index in [4.69, 9.17) is 11.6 Å². The summed E-state index contributed by atoms with van der Waals surface area (Å²) in [5, 5.41) is 13.4. The SMILES string of the molecule is CC(Nc1ccc(N(C)C)c(Cl)c1)c1ccc(O)cc1. The van der Waals surface area contributed by atoms with Crippen LogP contribution in [0.5, 0.6) is 5.75 Å². The molecule has 0 aliphatic rings. The zero-order valence-electron chi connectivity index (χ0n) is 11.9. The molecule has 2 aromatic rings. The first-order chi connectivity index (χ1) is 9.47. The number of hydrogen-bond donors (Lipinski definition) is 2. The van der Waals surface area contributed by atoms with Crippen molar-refractivity contribution in [3.05, 3.63) is 53.1 Å². The first-order valence-electron chi connectivity index (χ1n) is 6.49. The summed E-state index contributed by atoms with van der Waals surface area (Å²) < 4.78 is 0. The lowest BCUT2D eigenvalue weighted by Crippen LogP contribution is -2.10. The van der Waals surface area contributed by atoms with E-state index in [2.05, 4.69) is 12.2 Å². The molecule has 0 saturated carbocycles. The topological polar surface area (TPSA) is 35.5 Å². The minimum Gasteiger partial charge on any atom is -0.508 e. The number of benzene rings is 2. The summed E-state index contributed by atoms with van der Waals surface area (Å²) >= 11 is 6.26. The molecule has 0 amide bonds. The largest absolute Gasteiger partial charge is 0.508 e. The fraction of sp³-hybridized carbons (Fsp3) is 0.250. The van der Waals surface area contributed by atoms with Crippen LogP contribution in [0.3, 0.4) is 0 Å². The molecule has 0 aliphatic carbocycles. The third-order valence-electron chi connectivity index (χ3n) is 3.21. The average Bonchev–Trinajstić information content (AvgIpc) is 2.39. The Morgan fingerprint density at radius 1 is 1.10 bits per heavy atom. The molecule has 1 atom stereocenters. The Bertz CT molecular complexity index is 582. The van der Waals surface area contributed by atoms with E-state index in [0.29, 0.717) is 0 Å². The van der Waals surface area contributed by atoms with Crippen LogP contribution in [0, 0.1) is 0 Å². The van der Waals surface area contributed by atoms with Crippen molar-refractivity contribution >= 4 is 23.0 Å². The summed E-state index contributed by atoms with van der Waals surface area (Å²) in [4.78, 5) is 1.98. The number of nitrogens with one attached hydrogen (secondary N) is 1. The van der Waals surface area contributed by atoms with Crippen molar-refractivity contribution in [2.75, 3.05) is 24.3 Å². The number of anilines is 2. The van der Waals surface area contributed by atoms with Gasteiger partial charge in [0.05, 0.1) is 10.7 Å². The second kappa shape index (κ2) is 6.06. The molecule has 1 unspecified atom stereocenters. The number of aromatic hydroxyl groups is 1. The molecule has 0 heterocycles. The summed E-state index contributed by atoms with van der Waals surface area (Å²) in [6, 6.07) is 13.3. The molecular weight excluding hydrogens is 272 g/mol. The zero-order chi connectivity index (χ0) is 14.7. The van der Waals surface area contributed by atoms with Gasteiger partial charge in [-0.3, -0.25) is 0 Å². The smallest absolute Gasteiger partial charge is 0.115 e. The van der Waals surface area contributed by atoms with Gasteiger partial charge in [0.15, 0.2) is 0 Å². The Morgan fingerprint density at radius 2 is 1.75 bits per heavy atom. The Kier molecular flexibility index (Phi) is 4.40. The second-order valence-corrected chi connectivity index (χ2v) is 5.43. The van der Waals surface area contributed by atoms with Crippen LogP contribution < -0.4 is 10.2 Å². The van der Waals surface area contributed by atoms with Crippen molar-refractivity contribution in [2.45, 2.75) is 13.0 Å². The summed E-state index contributed by atoms with van der Waals surface area (Å²) in [5.74, 6) is 0.277. The molecule has 0 saturated heterocycles. The molecule has 0 spiro atoms. The predicted octanol–water partition coefficient (Wildman–Crippen LogP) is 4.28. The van der Waals surface area contributed by atoms with E-state index in [1.54, 1.807) is 12.1 Å². The maximum atomic E-state index is 9.30. The molecule has 0 aliphatic heterocycles. The lowest BCUT2D eigenvalue weighted by molar-refractivity contribution is 0.475. The molecule has 0 radical (unpaired) electrons. The van der Waals surface area contributed by atoms with E-state index in [1.165, 1.54) is 0 Å². The maximum Gasteiger partial charge on any atom is 0.115 e. The van der Waals surface area contributed by atoms with Gasteiger partial charge >= 0.3 is 0 Å². The third kappa shape index (κ3) is 3.36. The first kappa shape index (κ1) is 14.5. The summed E-state index contributed by atoms with van der Waals surface area (Å²) in [6.45, 7) is 2.07. The van der Waals surface area contributed by atoms with E-state index in [9.17, 15) is 5.11 Å². The second-order valence-electron chi connectivity index (χ2n) is 5.02. The Hall–Kier alpha value is -1.87. The van der Waals surface area contributed by atoms with Gasteiger partial charge < -0.3 is 15.3 Å². The van der Waals surface area contributed by atoms with E-state index in [1.807, 2.05) is 49.3 Å². The van der Waals surface area contributed by atoms with Crippen LogP contribution >= 0.6 is 11.6 Å². The van der Waals surface area contributed by atoms with Gasteiger partial charge in [-0.2, -0.15) is 0 Å². The van der Waals surface area contributed by atoms with Crippen molar-refractivity contribution in [1.82, 2.24) is 0 Å². The van der Waals surface area contributed by atoms with Gasteiger partial charge in [0.25, 0.3) is 0 Å². The minimum atomic E-state index is 0.136. The van der Waals surface area contributed by atoms with Crippen LogP contribution in [0.1, 0.15) is 18.5 Å². The molecule has 0 bridgehead atoms. The summed E-state index contributed by atoms with van der Waals surface area (Å²) in [5.41, 5.74) is 3.08. The highest BCUT2D eigenvalue weighted by Gasteiger charge is 2.08. The van der Waals surface area contributed by atoms with Crippen LogP contribution in [0.2, 0.25) is 5.02 Å². The van der Waals surface area contributed by atoms with Gasteiger partial charge in [0.2, 0.25) is 0 Å². The molecule has 0 fully saturated rings. The number of rotatable bonds is 4. The van der Waals surface area contributed by atoms with Crippen LogP contribution in [-0.2, 0) is 0 Å². The average molecular weight is 291 g/mol. The standard InChI is InChI=1S/C16H19ClN2O/c1-11(12-4-7-14(20)8-5-12)18-13-6-9-16(19(2)3)15(17)10-13/h4-11,18,20H,1-3H3. The number of nitrogens with zero attached hydrogens (tertiary/aromatic N) is 1. The van der Waals surface area contributed by atoms with Gasteiger partial charge in [-0.25, -0.2) is 0 Å². The fourth-order valence-corrected chi connectivity index (χ4v) is 2.41. The molecule has 4 heteroatoms. The summed E-state index contributed by atoms with van der Waals surface area (Å²) in [7, 11) is 3.93. The maximum absolute atomic E-state index is 9.30. The van der Waals surface area contributed by atoms with E-state index < -0.39 is 0 Å². The molecule has 3 nitrogen and oxygen atoms in total. The fourth-order valence-electron chi connectivity index (χ4n) is 2.06. The zero-order valence-corrected chi connectivity index (χ0v) is 12.6. The number of phenolic OH excluding ortho intramolecular Hbond substituents is 1. The van der Waals surface area contributed by atoms with E-state index >= 15 is 0 Å². The lowest BCUT2D eigenvalue weighted by atomic mass is 10.1. The molecule has 0 aromatic heterocycles. The highest BCUT2D eigenvalue weighted by molar-refractivity contribution is 6.33. The molecule has 2 aromatic carbocycles. The Morgan fingerprint density at radius 3 is 2.30 bits per heavy atom. The first-order valence-corrected chi connectivity index (χ1v) is 6.87. The van der Waals surface area contributed by atoms with Crippen molar-refractivity contribution in [3.63, 3.8) is 0 Å². The summed E-state index contributed by atoms with van der Waals surface area (Å²) in [6.07, 6.45) is 0. The Balaban J connectivity index is 2.13. The quantitative estimate of drug-likeness (QED) is 0.882. The molecular formula is C16H19ClN2O. The molecule has 2 rings (SSSR count). The molecule has 20 heavy (non-hydrogen) atoms. The molecule has 106 valence electrons. The lowest BCUT2D eigenvalue weighted by Gasteiger charge is -2.19. The highest BCUT2D eigenvalue weighted by Crippen LogP contribution is 2.29. The highest BCUT2D eigenvalue weighted by atomic mass is 35.5. The van der Waals surface area contributed by atoms with Crippen molar-refractivity contribution in [1.29, 1.82) is 0 Å². The van der Waals surface area contributed by atoms with Crippen LogP contribution in [0.15, 0.2) is 42.5 Å². The Labute approximate surface area is 124 Å². The van der Waals surface area contributed by atoms with Crippen molar-refractivity contribution in [2.24, 2.45) is 0 Å². The normalized spacial score (nSPS) is 12.0. The van der Waals surface area contributed by atoms with Gasteiger partial charge in [-0.1, -0.05) is 23.7 Å². The van der Waals surface area contributed by atoms with Crippen molar-refractivity contribution in [3.8, 4) is 5.75 Å². The monoisotopic (exact) mass is 290 g/mol. The minimum absolute atomic E-state index is 0.136. The number of halogens is 1. The molecule has 2 N–H and O–H groups in total. The number of hydrogen-bond acceptors (Lipinski definition) is 3. The predicted molar refractivity (Wildman–Crippen MR) is 85.9 cm³/mol. The van der Waals surface area contributed by atoms with Crippen LogP contribution in [0.25, 0.3) is 0 Å². The third-order valence-corrected chi connectivity index (χ3v) is 3.51.